The van der Waals surface area contributed by atoms with Crippen molar-refractivity contribution in [1.29, 1.82) is 0 Å². The Hall–Kier alpha value is -1.88. The van der Waals surface area contributed by atoms with Crippen LogP contribution < -0.4 is 10.1 Å². The molecule has 2 aromatic rings. The van der Waals surface area contributed by atoms with E-state index < -0.39 is 0 Å². The first kappa shape index (κ1) is 13.5. The quantitative estimate of drug-likeness (QED) is 0.775. The number of hydrogen-bond donors (Lipinski definition) is 1. The lowest BCUT2D eigenvalue weighted by atomic mass is 10.2. The highest BCUT2D eigenvalue weighted by atomic mass is 16.5. The normalized spacial score (nSPS) is 10.6. The topological polar surface area (TPSA) is 60.2 Å². The van der Waals surface area contributed by atoms with Gasteiger partial charge in [-0.1, -0.05) is 13.0 Å². The van der Waals surface area contributed by atoms with E-state index in [1.54, 1.807) is 7.11 Å². The predicted molar refractivity (Wildman–Crippen MR) is 73.2 cm³/mol. The molecule has 2 rings (SSSR count). The second kappa shape index (κ2) is 6.89. The molecule has 102 valence electrons. The third kappa shape index (κ3) is 3.79. The van der Waals surface area contributed by atoms with Crippen LogP contribution in [0.4, 0.5) is 0 Å². The van der Waals surface area contributed by atoms with Gasteiger partial charge in [-0.15, -0.1) is 10.2 Å². The highest BCUT2D eigenvalue weighted by molar-refractivity contribution is 5.55. The lowest BCUT2D eigenvalue weighted by Crippen LogP contribution is -2.17. The van der Waals surface area contributed by atoms with Crippen LogP contribution in [0.3, 0.4) is 0 Å². The first-order chi connectivity index (χ1) is 9.33. The van der Waals surface area contributed by atoms with Gasteiger partial charge in [0.15, 0.2) is 0 Å². The van der Waals surface area contributed by atoms with E-state index in [0.717, 1.165) is 37.2 Å². The minimum absolute atomic E-state index is 0.532. The Morgan fingerprint density at radius 2 is 2.16 bits per heavy atom. The maximum absolute atomic E-state index is 5.63. The highest BCUT2D eigenvalue weighted by Gasteiger charge is 2.08. The zero-order chi connectivity index (χ0) is 13.5. The molecule has 1 heterocycles. The van der Waals surface area contributed by atoms with Gasteiger partial charge in [-0.25, -0.2) is 0 Å². The van der Waals surface area contributed by atoms with Crippen LogP contribution in [-0.4, -0.2) is 30.4 Å². The van der Waals surface area contributed by atoms with Crippen LogP contribution in [0.5, 0.6) is 5.75 Å². The molecular weight excluding hydrogens is 242 g/mol. The molecule has 0 unspecified atom stereocenters. The van der Waals surface area contributed by atoms with Crippen LogP contribution in [0, 0.1) is 0 Å². The van der Waals surface area contributed by atoms with Gasteiger partial charge in [0.1, 0.15) is 5.75 Å². The number of nitrogens with one attached hydrogen (secondary N) is 1. The van der Waals surface area contributed by atoms with Crippen molar-refractivity contribution >= 4 is 0 Å². The molecular formula is C14H19N3O2. The molecule has 1 aromatic carbocycles. The van der Waals surface area contributed by atoms with Gasteiger partial charge in [0, 0.05) is 18.5 Å². The predicted octanol–water partition coefficient (Wildman–Crippen LogP) is 2.29. The fourth-order valence-electron chi connectivity index (χ4n) is 1.72. The maximum Gasteiger partial charge on any atom is 0.247 e. The number of ether oxygens (including phenoxy) is 1. The van der Waals surface area contributed by atoms with Crippen molar-refractivity contribution in [2.75, 3.05) is 20.2 Å². The van der Waals surface area contributed by atoms with Crippen molar-refractivity contribution in [3.63, 3.8) is 0 Å². The molecule has 0 aliphatic heterocycles. The summed E-state index contributed by atoms with van der Waals surface area (Å²) in [6, 6.07) is 7.60. The van der Waals surface area contributed by atoms with Crippen molar-refractivity contribution in [3.8, 4) is 17.2 Å². The Morgan fingerprint density at radius 1 is 1.26 bits per heavy atom. The Kier molecular flexibility index (Phi) is 4.92. The van der Waals surface area contributed by atoms with Crippen LogP contribution in [0.25, 0.3) is 11.5 Å². The van der Waals surface area contributed by atoms with Crippen molar-refractivity contribution < 1.29 is 9.15 Å². The third-order valence-corrected chi connectivity index (χ3v) is 2.73. The summed E-state index contributed by atoms with van der Waals surface area (Å²) >= 11 is 0. The standard InChI is InChI=1S/C14H19N3O2/c1-3-8-15-9-7-13-16-17-14(19-13)11-5-4-6-12(10-11)18-2/h4-6,10,15H,3,7-9H2,1-2H3. The Balaban J connectivity index is 1.99. The second-order valence-corrected chi connectivity index (χ2v) is 4.23. The third-order valence-electron chi connectivity index (χ3n) is 2.73. The molecule has 5 nitrogen and oxygen atoms in total. The largest absolute Gasteiger partial charge is 0.497 e. The minimum atomic E-state index is 0.532. The molecule has 1 aromatic heterocycles. The maximum atomic E-state index is 5.63. The summed E-state index contributed by atoms with van der Waals surface area (Å²) < 4.78 is 10.8. The lowest BCUT2D eigenvalue weighted by Gasteiger charge is -2.00. The highest BCUT2D eigenvalue weighted by Crippen LogP contribution is 2.22. The van der Waals surface area contributed by atoms with Gasteiger partial charge >= 0.3 is 0 Å². The summed E-state index contributed by atoms with van der Waals surface area (Å²) in [5.74, 6) is 1.97. The molecule has 0 spiro atoms. The molecule has 0 bridgehead atoms. The average molecular weight is 261 g/mol. The molecule has 0 radical (unpaired) electrons. The van der Waals surface area contributed by atoms with Gasteiger partial charge in [-0.05, 0) is 31.2 Å². The van der Waals surface area contributed by atoms with E-state index in [0.29, 0.717) is 11.8 Å². The van der Waals surface area contributed by atoms with E-state index in [4.69, 9.17) is 9.15 Å². The lowest BCUT2D eigenvalue weighted by molar-refractivity contribution is 0.414. The molecule has 19 heavy (non-hydrogen) atoms. The van der Waals surface area contributed by atoms with E-state index in [9.17, 15) is 0 Å². The molecule has 0 saturated carbocycles. The molecule has 0 saturated heterocycles. The number of benzene rings is 1. The van der Waals surface area contributed by atoms with Gasteiger partial charge < -0.3 is 14.5 Å². The van der Waals surface area contributed by atoms with Gasteiger partial charge in [0.25, 0.3) is 0 Å². The van der Waals surface area contributed by atoms with Crippen LogP contribution in [0.2, 0.25) is 0 Å². The van der Waals surface area contributed by atoms with Crippen molar-refractivity contribution in [3.05, 3.63) is 30.2 Å². The fourth-order valence-corrected chi connectivity index (χ4v) is 1.72. The van der Waals surface area contributed by atoms with Crippen molar-refractivity contribution in [2.45, 2.75) is 19.8 Å². The number of hydrogen-bond acceptors (Lipinski definition) is 5. The van der Waals surface area contributed by atoms with E-state index in [-0.39, 0.29) is 0 Å². The van der Waals surface area contributed by atoms with Gasteiger partial charge in [0.2, 0.25) is 11.8 Å². The molecule has 0 fully saturated rings. The van der Waals surface area contributed by atoms with Gasteiger partial charge in [-0.2, -0.15) is 0 Å². The molecule has 0 amide bonds. The summed E-state index contributed by atoms with van der Waals surface area (Å²) in [4.78, 5) is 0. The molecule has 5 heteroatoms. The Morgan fingerprint density at radius 3 is 2.95 bits per heavy atom. The van der Waals surface area contributed by atoms with E-state index in [2.05, 4.69) is 22.4 Å². The van der Waals surface area contributed by atoms with Crippen LogP contribution in [0.15, 0.2) is 28.7 Å². The molecule has 0 aliphatic carbocycles. The van der Waals surface area contributed by atoms with E-state index >= 15 is 0 Å². The average Bonchev–Trinajstić information content (AvgIpc) is 2.92. The molecule has 0 aliphatic rings. The van der Waals surface area contributed by atoms with Gasteiger partial charge in [0.05, 0.1) is 7.11 Å². The van der Waals surface area contributed by atoms with Crippen LogP contribution in [0.1, 0.15) is 19.2 Å². The second-order valence-electron chi connectivity index (χ2n) is 4.23. The summed E-state index contributed by atoms with van der Waals surface area (Å²) in [5.41, 5.74) is 0.875. The van der Waals surface area contributed by atoms with Crippen molar-refractivity contribution in [2.24, 2.45) is 0 Å². The summed E-state index contributed by atoms with van der Waals surface area (Å²) in [7, 11) is 1.64. The van der Waals surface area contributed by atoms with E-state index in [1.165, 1.54) is 0 Å². The number of aromatic nitrogens is 2. The van der Waals surface area contributed by atoms with E-state index in [1.807, 2.05) is 24.3 Å². The number of nitrogens with zero attached hydrogens (tertiary/aromatic N) is 2. The molecule has 0 atom stereocenters. The monoisotopic (exact) mass is 261 g/mol. The number of methoxy groups -OCH3 is 1. The summed E-state index contributed by atoms with van der Waals surface area (Å²) in [5, 5.41) is 11.4. The van der Waals surface area contributed by atoms with Crippen LogP contribution >= 0.6 is 0 Å². The smallest absolute Gasteiger partial charge is 0.247 e. The Bertz CT molecular complexity index is 511. The number of rotatable bonds is 7. The first-order valence-electron chi connectivity index (χ1n) is 6.51. The minimum Gasteiger partial charge on any atom is -0.497 e. The SMILES string of the molecule is CCCNCCc1nnc(-c2cccc(OC)c2)o1. The summed E-state index contributed by atoms with van der Waals surface area (Å²) in [6.45, 7) is 4.01. The fraction of sp³-hybridized carbons (Fsp3) is 0.429. The first-order valence-corrected chi connectivity index (χ1v) is 6.51. The zero-order valence-electron chi connectivity index (χ0n) is 11.3. The van der Waals surface area contributed by atoms with Crippen molar-refractivity contribution in [1.82, 2.24) is 15.5 Å². The van der Waals surface area contributed by atoms with Gasteiger partial charge in [-0.3, -0.25) is 0 Å². The Labute approximate surface area is 113 Å². The molecule has 1 N–H and O–H groups in total. The zero-order valence-corrected chi connectivity index (χ0v) is 11.3. The summed E-state index contributed by atoms with van der Waals surface area (Å²) in [6.07, 6.45) is 1.87. The van der Waals surface area contributed by atoms with Crippen LogP contribution in [-0.2, 0) is 6.42 Å².